The van der Waals surface area contributed by atoms with E-state index in [9.17, 15) is 14.4 Å². The summed E-state index contributed by atoms with van der Waals surface area (Å²) in [5.41, 5.74) is 6.75. The van der Waals surface area contributed by atoms with Gasteiger partial charge < -0.3 is 16.0 Å². The molecule has 132 valence electrons. The number of ketones is 1. The van der Waals surface area contributed by atoms with E-state index in [-0.39, 0.29) is 12.1 Å². The topological polar surface area (TPSA) is 131 Å². The number of hydrogen-bond donors (Lipinski definition) is 3. The average molecular weight is 369 g/mol. The minimum absolute atomic E-state index is 0.0879. The number of H-pyrrole nitrogens is 1. The molecule has 0 aliphatic carbocycles. The second-order valence-corrected chi connectivity index (χ2v) is 6.25. The quantitative estimate of drug-likeness (QED) is 0.533. The first-order chi connectivity index (χ1) is 12.6. The summed E-state index contributed by atoms with van der Waals surface area (Å²) in [7, 11) is 0. The summed E-state index contributed by atoms with van der Waals surface area (Å²) < 4.78 is 3.81. The van der Waals surface area contributed by atoms with Crippen molar-refractivity contribution in [3.8, 4) is 10.4 Å². The average Bonchev–Trinajstić information content (AvgIpc) is 3.32. The molecule has 0 bridgehead atoms. The van der Waals surface area contributed by atoms with Crippen LogP contribution in [0, 0.1) is 0 Å². The molecule has 1 aromatic carbocycles. The van der Waals surface area contributed by atoms with Gasteiger partial charge >= 0.3 is 0 Å². The number of carbonyl (C=O) groups is 3. The lowest BCUT2D eigenvalue weighted by molar-refractivity contribution is -0.137. The first-order valence-electron chi connectivity index (χ1n) is 7.70. The molecular weight excluding hydrogens is 354 g/mol. The number of nitrogens with two attached hydrogens (primary N) is 1. The largest absolute Gasteiger partial charge is 0.367 e. The molecule has 9 heteroatoms. The van der Waals surface area contributed by atoms with Gasteiger partial charge in [0.25, 0.3) is 11.8 Å². The first-order valence-corrected chi connectivity index (χ1v) is 8.47. The number of amides is 2. The molecule has 0 aliphatic heterocycles. The van der Waals surface area contributed by atoms with Gasteiger partial charge in [-0.2, -0.15) is 0 Å². The van der Waals surface area contributed by atoms with Gasteiger partial charge in [0.1, 0.15) is 6.04 Å². The van der Waals surface area contributed by atoms with E-state index < -0.39 is 23.6 Å². The van der Waals surface area contributed by atoms with Gasteiger partial charge in [0.05, 0.1) is 4.88 Å². The number of primary amides is 1. The SMILES string of the molecule is NC(=O)C(=O)C(Cc1ccccc1)NC(=O)c1nnsc1-c1cc[nH]c1. The van der Waals surface area contributed by atoms with Crippen molar-refractivity contribution in [1.82, 2.24) is 19.9 Å². The maximum atomic E-state index is 12.6. The molecule has 4 N–H and O–H groups in total. The van der Waals surface area contributed by atoms with E-state index in [0.29, 0.717) is 4.88 Å². The number of aromatic nitrogens is 3. The Bertz CT molecular complexity index is 921. The van der Waals surface area contributed by atoms with Crippen LogP contribution in [-0.4, -0.2) is 38.2 Å². The molecule has 2 amide bonds. The molecule has 3 aromatic rings. The highest BCUT2D eigenvalue weighted by molar-refractivity contribution is 7.09. The molecule has 0 saturated carbocycles. The lowest BCUT2D eigenvalue weighted by Crippen LogP contribution is -2.47. The third-order valence-electron chi connectivity index (χ3n) is 3.71. The Kier molecular flexibility index (Phi) is 5.18. The number of Topliss-reactive ketones (excluding diaryl/α,β-unsaturated/α-hetero) is 1. The lowest BCUT2D eigenvalue weighted by atomic mass is 10.0. The Morgan fingerprint density at radius 2 is 1.96 bits per heavy atom. The van der Waals surface area contributed by atoms with Crippen molar-refractivity contribution in [2.75, 3.05) is 0 Å². The summed E-state index contributed by atoms with van der Waals surface area (Å²) in [5, 5.41) is 6.41. The minimum Gasteiger partial charge on any atom is -0.367 e. The first kappa shape index (κ1) is 17.5. The zero-order chi connectivity index (χ0) is 18.5. The summed E-state index contributed by atoms with van der Waals surface area (Å²) >= 11 is 1.06. The van der Waals surface area contributed by atoms with Crippen LogP contribution in [-0.2, 0) is 16.0 Å². The standard InChI is InChI=1S/C17H15N5O3S/c18-16(24)14(23)12(8-10-4-2-1-3-5-10)20-17(25)13-15(26-22-21-13)11-6-7-19-9-11/h1-7,9,12,19H,8H2,(H2,18,24)(H,20,25). The third kappa shape index (κ3) is 3.83. The molecule has 2 heterocycles. The van der Waals surface area contributed by atoms with Crippen molar-refractivity contribution in [3.63, 3.8) is 0 Å². The Morgan fingerprint density at radius 3 is 2.62 bits per heavy atom. The molecule has 0 radical (unpaired) electrons. The van der Waals surface area contributed by atoms with Crippen molar-refractivity contribution in [3.05, 3.63) is 60.0 Å². The molecule has 0 aliphatic rings. The normalized spacial score (nSPS) is 11.7. The van der Waals surface area contributed by atoms with Gasteiger partial charge in [-0.3, -0.25) is 14.4 Å². The second kappa shape index (κ2) is 7.70. The number of rotatable bonds is 7. The van der Waals surface area contributed by atoms with Crippen LogP contribution in [0.5, 0.6) is 0 Å². The molecule has 0 saturated heterocycles. The fourth-order valence-electron chi connectivity index (χ4n) is 2.45. The fraction of sp³-hybridized carbons (Fsp3) is 0.118. The highest BCUT2D eigenvalue weighted by Crippen LogP contribution is 2.25. The van der Waals surface area contributed by atoms with Crippen LogP contribution in [0.15, 0.2) is 48.8 Å². The van der Waals surface area contributed by atoms with Crippen molar-refractivity contribution < 1.29 is 14.4 Å². The zero-order valence-electron chi connectivity index (χ0n) is 13.5. The Labute approximate surface area is 152 Å². The number of nitrogens with one attached hydrogen (secondary N) is 2. The van der Waals surface area contributed by atoms with Crippen molar-refractivity contribution in [2.24, 2.45) is 5.73 Å². The van der Waals surface area contributed by atoms with Crippen molar-refractivity contribution in [2.45, 2.75) is 12.5 Å². The van der Waals surface area contributed by atoms with Gasteiger partial charge in [0.15, 0.2) is 5.69 Å². The molecule has 3 rings (SSSR count). The molecule has 1 atom stereocenters. The van der Waals surface area contributed by atoms with Crippen LogP contribution in [0.1, 0.15) is 16.1 Å². The van der Waals surface area contributed by atoms with Crippen LogP contribution in [0.4, 0.5) is 0 Å². The number of carbonyl (C=O) groups excluding carboxylic acids is 3. The monoisotopic (exact) mass is 369 g/mol. The Hall–Kier alpha value is -3.33. The van der Waals surface area contributed by atoms with Crippen molar-refractivity contribution in [1.29, 1.82) is 0 Å². The molecule has 8 nitrogen and oxygen atoms in total. The third-order valence-corrected chi connectivity index (χ3v) is 4.49. The summed E-state index contributed by atoms with van der Waals surface area (Å²) in [6, 6.07) is 9.72. The predicted octanol–water partition coefficient (Wildman–Crippen LogP) is 0.929. The Balaban J connectivity index is 1.83. The van der Waals surface area contributed by atoms with Crippen LogP contribution < -0.4 is 11.1 Å². The van der Waals surface area contributed by atoms with E-state index in [0.717, 1.165) is 22.7 Å². The van der Waals surface area contributed by atoms with E-state index in [4.69, 9.17) is 5.73 Å². The molecule has 1 unspecified atom stereocenters. The van der Waals surface area contributed by atoms with Crippen LogP contribution in [0.3, 0.4) is 0 Å². The van der Waals surface area contributed by atoms with Crippen LogP contribution in [0.25, 0.3) is 10.4 Å². The lowest BCUT2D eigenvalue weighted by Gasteiger charge is -2.16. The minimum atomic E-state index is -1.10. The van der Waals surface area contributed by atoms with Gasteiger partial charge in [-0.1, -0.05) is 34.8 Å². The van der Waals surface area contributed by atoms with Gasteiger partial charge in [-0.25, -0.2) is 0 Å². The molecule has 2 aromatic heterocycles. The number of aromatic amines is 1. The number of benzene rings is 1. The summed E-state index contributed by atoms with van der Waals surface area (Å²) in [6.45, 7) is 0. The van der Waals surface area contributed by atoms with Gasteiger partial charge in [-0.15, -0.1) is 5.10 Å². The maximum absolute atomic E-state index is 12.6. The van der Waals surface area contributed by atoms with Gasteiger partial charge in [0, 0.05) is 24.4 Å². The fourth-order valence-corrected chi connectivity index (χ4v) is 3.11. The summed E-state index contributed by atoms with van der Waals surface area (Å²) in [6.07, 6.45) is 3.57. The Morgan fingerprint density at radius 1 is 1.19 bits per heavy atom. The van der Waals surface area contributed by atoms with Crippen molar-refractivity contribution >= 4 is 29.1 Å². The highest BCUT2D eigenvalue weighted by atomic mass is 32.1. The molecule has 26 heavy (non-hydrogen) atoms. The zero-order valence-corrected chi connectivity index (χ0v) is 14.3. The van der Waals surface area contributed by atoms with Crippen LogP contribution >= 0.6 is 11.5 Å². The van der Waals surface area contributed by atoms with E-state index in [2.05, 4.69) is 19.9 Å². The van der Waals surface area contributed by atoms with E-state index in [1.54, 1.807) is 42.7 Å². The maximum Gasteiger partial charge on any atom is 0.287 e. The second-order valence-electron chi connectivity index (χ2n) is 5.49. The molecular formula is C17H15N5O3S. The smallest absolute Gasteiger partial charge is 0.287 e. The van der Waals surface area contributed by atoms with Gasteiger partial charge in [0.2, 0.25) is 5.78 Å². The highest BCUT2D eigenvalue weighted by Gasteiger charge is 2.28. The number of hydrogen-bond acceptors (Lipinski definition) is 6. The summed E-state index contributed by atoms with van der Waals surface area (Å²) in [5.74, 6) is -2.56. The molecule has 0 fully saturated rings. The van der Waals surface area contributed by atoms with E-state index >= 15 is 0 Å². The van der Waals surface area contributed by atoms with E-state index in [1.807, 2.05) is 6.07 Å². The predicted molar refractivity (Wildman–Crippen MR) is 95.3 cm³/mol. The summed E-state index contributed by atoms with van der Waals surface area (Å²) in [4.78, 5) is 39.6. The van der Waals surface area contributed by atoms with Gasteiger partial charge in [-0.05, 0) is 23.2 Å². The van der Waals surface area contributed by atoms with E-state index in [1.165, 1.54) is 0 Å². The van der Waals surface area contributed by atoms with Crippen LogP contribution in [0.2, 0.25) is 0 Å². The number of nitrogens with zero attached hydrogens (tertiary/aromatic N) is 2. The molecule has 0 spiro atoms.